The standard InChI is InChI=1S/C12H28N2OSi/c1-5-12(10-15)14-8-6-13(7-9-14)11-16(2,3)4/h12,15H,5-11H2,1-4H3. The van der Waals surface area contributed by atoms with Crippen molar-refractivity contribution in [2.75, 3.05) is 39.0 Å². The molecule has 16 heavy (non-hydrogen) atoms. The molecule has 1 aliphatic heterocycles. The molecule has 1 unspecified atom stereocenters. The van der Waals surface area contributed by atoms with Crippen LogP contribution in [0.5, 0.6) is 0 Å². The molecule has 0 aromatic heterocycles. The number of hydrogen-bond donors (Lipinski definition) is 1. The normalized spacial score (nSPS) is 22.3. The Labute approximate surface area is 101 Å². The van der Waals surface area contributed by atoms with Gasteiger partial charge >= 0.3 is 0 Å². The summed E-state index contributed by atoms with van der Waals surface area (Å²) in [7, 11) is -0.952. The minimum absolute atomic E-state index is 0.310. The lowest BCUT2D eigenvalue weighted by atomic mass is 10.2. The topological polar surface area (TPSA) is 26.7 Å². The Morgan fingerprint density at radius 1 is 1.12 bits per heavy atom. The summed E-state index contributed by atoms with van der Waals surface area (Å²) in [5.74, 6) is 0. The SMILES string of the molecule is CCC(CO)N1CCN(C[Si](C)(C)C)CC1. The fourth-order valence-electron chi connectivity index (χ4n) is 2.46. The van der Waals surface area contributed by atoms with Crippen molar-refractivity contribution in [1.82, 2.24) is 9.80 Å². The van der Waals surface area contributed by atoms with Crippen LogP contribution in [0, 0.1) is 0 Å². The molecule has 0 saturated carbocycles. The maximum absolute atomic E-state index is 9.28. The molecular formula is C12H28N2OSi. The highest BCUT2D eigenvalue weighted by molar-refractivity contribution is 6.76. The van der Waals surface area contributed by atoms with Crippen LogP contribution in [0.1, 0.15) is 13.3 Å². The molecule has 1 saturated heterocycles. The third-order valence-corrected chi connectivity index (χ3v) is 4.70. The third kappa shape index (κ3) is 4.53. The first kappa shape index (κ1) is 14.2. The van der Waals surface area contributed by atoms with Gasteiger partial charge in [0.15, 0.2) is 0 Å². The fourth-order valence-corrected chi connectivity index (χ4v) is 4.12. The van der Waals surface area contributed by atoms with Crippen molar-refractivity contribution in [3.05, 3.63) is 0 Å². The minimum Gasteiger partial charge on any atom is -0.395 e. The zero-order chi connectivity index (χ0) is 12.2. The molecule has 0 amide bonds. The molecule has 0 radical (unpaired) electrons. The van der Waals surface area contributed by atoms with E-state index >= 15 is 0 Å². The molecule has 1 N–H and O–H groups in total. The molecule has 1 heterocycles. The molecule has 1 fully saturated rings. The number of aliphatic hydroxyl groups is 1. The summed E-state index contributed by atoms with van der Waals surface area (Å²) in [6.45, 7) is 14.4. The van der Waals surface area contributed by atoms with Crippen LogP contribution in [0.15, 0.2) is 0 Å². The quantitative estimate of drug-likeness (QED) is 0.738. The highest BCUT2D eigenvalue weighted by atomic mass is 28.3. The van der Waals surface area contributed by atoms with Crippen molar-refractivity contribution in [1.29, 1.82) is 0 Å². The van der Waals surface area contributed by atoms with E-state index in [-0.39, 0.29) is 0 Å². The summed E-state index contributed by atoms with van der Waals surface area (Å²) in [5.41, 5.74) is 0. The summed E-state index contributed by atoms with van der Waals surface area (Å²) < 4.78 is 0. The van der Waals surface area contributed by atoms with Crippen molar-refractivity contribution in [3.63, 3.8) is 0 Å². The zero-order valence-corrected chi connectivity index (χ0v) is 12.4. The van der Waals surface area contributed by atoms with E-state index in [1.165, 1.54) is 19.3 Å². The minimum atomic E-state index is -0.952. The van der Waals surface area contributed by atoms with E-state index in [1.807, 2.05) is 0 Å². The summed E-state index contributed by atoms with van der Waals surface area (Å²) in [4.78, 5) is 5.05. The van der Waals surface area contributed by atoms with Crippen LogP contribution < -0.4 is 0 Å². The second-order valence-corrected chi connectivity index (χ2v) is 11.6. The van der Waals surface area contributed by atoms with Crippen LogP contribution in [0.3, 0.4) is 0 Å². The van der Waals surface area contributed by atoms with Gasteiger partial charge in [0.1, 0.15) is 0 Å². The number of nitrogens with zero attached hydrogens (tertiary/aromatic N) is 2. The van der Waals surface area contributed by atoms with Gasteiger partial charge in [-0.15, -0.1) is 0 Å². The van der Waals surface area contributed by atoms with Crippen LogP contribution in [-0.2, 0) is 0 Å². The second kappa shape index (κ2) is 6.14. The van der Waals surface area contributed by atoms with Gasteiger partial charge in [0, 0.05) is 32.2 Å². The van der Waals surface area contributed by atoms with Crippen molar-refractivity contribution >= 4 is 8.07 Å². The van der Waals surface area contributed by atoms with Crippen LogP contribution in [0.25, 0.3) is 0 Å². The second-order valence-electron chi connectivity index (χ2n) is 6.12. The van der Waals surface area contributed by atoms with Gasteiger partial charge in [-0.1, -0.05) is 26.6 Å². The predicted octanol–water partition coefficient (Wildman–Crippen LogP) is 1.25. The van der Waals surface area contributed by atoms with E-state index in [0.717, 1.165) is 19.5 Å². The maximum Gasteiger partial charge on any atom is 0.0599 e. The average molecular weight is 244 g/mol. The van der Waals surface area contributed by atoms with Crippen molar-refractivity contribution in [2.45, 2.75) is 39.0 Å². The van der Waals surface area contributed by atoms with Crippen molar-refractivity contribution < 1.29 is 5.11 Å². The summed E-state index contributed by atoms with van der Waals surface area (Å²) in [5, 5.41) is 9.28. The number of hydrogen-bond acceptors (Lipinski definition) is 3. The van der Waals surface area contributed by atoms with Gasteiger partial charge in [-0.25, -0.2) is 0 Å². The lowest BCUT2D eigenvalue weighted by molar-refractivity contribution is 0.0696. The van der Waals surface area contributed by atoms with Gasteiger partial charge < -0.3 is 10.0 Å². The molecule has 0 aromatic carbocycles. The Bertz CT molecular complexity index is 194. The van der Waals surface area contributed by atoms with E-state index in [2.05, 4.69) is 36.4 Å². The third-order valence-electron chi connectivity index (χ3n) is 3.30. The molecule has 96 valence electrons. The van der Waals surface area contributed by atoms with Crippen molar-refractivity contribution in [3.8, 4) is 0 Å². The Morgan fingerprint density at radius 2 is 1.69 bits per heavy atom. The Balaban J connectivity index is 2.33. The average Bonchev–Trinajstić information content (AvgIpc) is 2.20. The fraction of sp³-hybridized carbons (Fsp3) is 1.00. The van der Waals surface area contributed by atoms with Gasteiger partial charge in [0.05, 0.1) is 14.7 Å². The predicted molar refractivity (Wildman–Crippen MR) is 72.5 cm³/mol. The lowest BCUT2D eigenvalue weighted by Crippen LogP contribution is -2.54. The molecule has 3 nitrogen and oxygen atoms in total. The molecule has 0 bridgehead atoms. The van der Waals surface area contributed by atoms with Crippen LogP contribution in [0.2, 0.25) is 19.6 Å². The van der Waals surface area contributed by atoms with E-state index in [9.17, 15) is 5.11 Å². The molecule has 1 rings (SSSR count). The summed E-state index contributed by atoms with van der Waals surface area (Å²) >= 11 is 0. The maximum atomic E-state index is 9.28. The number of piperazine rings is 1. The smallest absolute Gasteiger partial charge is 0.0599 e. The van der Waals surface area contributed by atoms with Crippen LogP contribution in [0.4, 0.5) is 0 Å². The number of rotatable bonds is 5. The molecule has 1 aliphatic rings. The van der Waals surface area contributed by atoms with E-state index in [1.54, 1.807) is 0 Å². The summed E-state index contributed by atoms with van der Waals surface area (Å²) in [6, 6.07) is 0.383. The largest absolute Gasteiger partial charge is 0.395 e. The van der Waals surface area contributed by atoms with E-state index in [0.29, 0.717) is 12.6 Å². The molecule has 0 spiro atoms. The molecule has 1 atom stereocenters. The van der Waals surface area contributed by atoms with Gasteiger partial charge in [-0.05, 0) is 12.6 Å². The summed E-state index contributed by atoms with van der Waals surface area (Å²) in [6.07, 6.45) is 2.38. The Kier molecular flexibility index (Phi) is 5.44. The first-order valence-corrected chi connectivity index (χ1v) is 10.2. The van der Waals surface area contributed by atoms with Crippen LogP contribution in [-0.4, -0.2) is 68.0 Å². The monoisotopic (exact) mass is 244 g/mol. The highest BCUT2D eigenvalue weighted by Gasteiger charge is 2.25. The first-order chi connectivity index (χ1) is 7.46. The first-order valence-electron chi connectivity index (χ1n) is 6.53. The number of aliphatic hydroxyl groups excluding tert-OH is 1. The Morgan fingerprint density at radius 3 is 2.06 bits per heavy atom. The molecule has 0 aliphatic carbocycles. The van der Waals surface area contributed by atoms with Crippen molar-refractivity contribution in [2.24, 2.45) is 0 Å². The Hall–Kier alpha value is 0.0969. The van der Waals surface area contributed by atoms with Gasteiger partial charge in [0.2, 0.25) is 0 Å². The van der Waals surface area contributed by atoms with Gasteiger partial charge in [-0.2, -0.15) is 0 Å². The molecular weight excluding hydrogens is 216 g/mol. The molecule has 0 aromatic rings. The zero-order valence-electron chi connectivity index (χ0n) is 11.4. The lowest BCUT2D eigenvalue weighted by Gasteiger charge is -2.40. The van der Waals surface area contributed by atoms with Gasteiger partial charge in [-0.3, -0.25) is 4.90 Å². The van der Waals surface area contributed by atoms with Crippen LogP contribution >= 0.6 is 0 Å². The van der Waals surface area contributed by atoms with E-state index < -0.39 is 8.07 Å². The van der Waals surface area contributed by atoms with E-state index in [4.69, 9.17) is 0 Å². The highest BCUT2D eigenvalue weighted by Crippen LogP contribution is 2.11. The molecule has 4 heteroatoms. The van der Waals surface area contributed by atoms with Gasteiger partial charge in [0.25, 0.3) is 0 Å².